The highest BCUT2D eigenvalue weighted by atomic mass is 16.5. The molecule has 0 aromatic heterocycles. The topological polar surface area (TPSA) is 33.7 Å². The van der Waals surface area contributed by atoms with E-state index in [9.17, 15) is 0 Å². The van der Waals surface area contributed by atoms with Gasteiger partial charge >= 0.3 is 0 Å². The van der Waals surface area contributed by atoms with E-state index < -0.39 is 0 Å². The molecule has 2 aliphatic heterocycles. The number of rotatable bonds is 2. The molecule has 0 radical (unpaired) electrons. The van der Waals surface area contributed by atoms with E-state index in [1.807, 2.05) is 0 Å². The standard InChI is InChI=1S/C12H24N2O2/c1-9-6-14(7-10(2)16-9)12-8-15-5-4-11(12)13-3/h9-13H,4-8H2,1-3H3/t9-,10+,11?,12?. The van der Waals surface area contributed by atoms with Crippen LogP contribution in [0.15, 0.2) is 0 Å². The molecule has 2 heterocycles. The quantitative estimate of drug-likeness (QED) is 0.745. The van der Waals surface area contributed by atoms with E-state index in [2.05, 4.69) is 31.1 Å². The van der Waals surface area contributed by atoms with Crippen molar-refractivity contribution in [2.75, 3.05) is 33.4 Å². The number of morpholine rings is 1. The average molecular weight is 228 g/mol. The van der Waals surface area contributed by atoms with Gasteiger partial charge in [0, 0.05) is 31.8 Å². The van der Waals surface area contributed by atoms with Gasteiger partial charge in [-0.15, -0.1) is 0 Å². The third-order valence-electron chi connectivity index (χ3n) is 3.61. The molecule has 16 heavy (non-hydrogen) atoms. The van der Waals surface area contributed by atoms with Crippen LogP contribution in [0.2, 0.25) is 0 Å². The van der Waals surface area contributed by atoms with Crippen molar-refractivity contribution in [3.8, 4) is 0 Å². The number of hydrogen-bond donors (Lipinski definition) is 1. The van der Waals surface area contributed by atoms with Crippen LogP contribution in [0.1, 0.15) is 20.3 Å². The van der Waals surface area contributed by atoms with Crippen molar-refractivity contribution in [2.45, 2.75) is 44.6 Å². The molecule has 2 unspecified atom stereocenters. The van der Waals surface area contributed by atoms with Crippen LogP contribution in [0.5, 0.6) is 0 Å². The fourth-order valence-corrected chi connectivity index (χ4v) is 2.91. The van der Waals surface area contributed by atoms with Gasteiger partial charge < -0.3 is 14.8 Å². The molecule has 0 amide bonds. The van der Waals surface area contributed by atoms with Gasteiger partial charge in [0.1, 0.15) is 0 Å². The first-order chi connectivity index (χ1) is 7.70. The van der Waals surface area contributed by atoms with Crippen molar-refractivity contribution in [1.29, 1.82) is 0 Å². The van der Waals surface area contributed by atoms with Gasteiger partial charge in [-0.05, 0) is 27.3 Å². The lowest BCUT2D eigenvalue weighted by atomic mass is 10.0. The van der Waals surface area contributed by atoms with Crippen LogP contribution >= 0.6 is 0 Å². The minimum atomic E-state index is 0.336. The van der Waals surface area contributed by atoms with Crippen LogP contribution < -0.4 is 5.32 Å². The van der Waals surface area contributed by atoms with E-state index in [0.717, 1.165) is 32.7 Å². The maximum absolute atomic E-state index is 5.77. The zero-order valence-electron chi connectivity index (χ0n) is 10.6. The lowest BCUT2D eigenvalue weighted by Gasteiger charge is -2.44. The predicted octanol–water partition coefficient (Wildman–Crippen LogP) is 0.473. The summed E-state index contributed by atoms with van der Waals surface area (Å²) in [4.78, 5) is 2.53. The average Bonchev–Trinajstić information content (AvgIpc) is 2.27. The lowest BCUT2D eigenvalue weighted by Crippen LogP contribution is -2.59. The molecule has 2 fully saturated rings. The number of hydrogen-bond acceptors (Lipinski definition) is 4. The third kappa shape index (κ3) is 2.74. The van der Waals surface area contributed by atoms with Crippen molar-refractivity contribution in [2.24, 2.45) is 0 Å². The Morgan fingerprint density at radius 1 is 1.19 bits per heavy atom. The van der Waals surface area contributed by atoms with Crippen LogP contribution in [-0.4, -0.2) is 62.5 Å². The fraction of sp³-hybridized carbons (Fsp3) is 1.00. The zero-order chi connectivity index (χ0) is 11.5. The normalized spacial score (nSPS) is 42.2. The molecular formula is C12H24N2O2. The fourth-order valence-electron chi connectivity index (χ4n) is 2.91. The molecular weight excluding hydrogens is 204 g/mol. The highest BCUT2D eigenvalue weighted by Crippen LogP contribution is 2.19. The summed E-state index contributed by atoms with van der Waals surface area (Å²) in [6.07, 6.45) is 1.78. The highest BCUT2D eigenvalue weighted by molar-refractivity contribution is 4.89. The van der Waals surface area contributed by atoms with Gasteiger partial charge in [0.05, 0.1) is 18.8 Å². The Balaban J connectivity index is 1.98. The molecule has 0 saturated carbocycles. The molecule has 0 aromatic rings. The van der Waals surface area contributed by atoms with Gasteiger partial charge in [-0.1, -0.05) is 0 Å². The first-order valence-electron chi connectivity index (χ1n) is 6.35. The summed E-state index contributed by atoms with van der Waals surface area (Å²) in [5, 5.41) is 3.42. The first-order valence-corrected chi connectivity index (χ1v) is 6.35. The maximum Gasteiger partial charge on any atom is 0.0678 e. The first kappa shape index (κ1) is 12.3. The van der Waals surface area contributed by atoms with Gasteiger partial charge in [-0.2, -0.15) is 0 Å². The summed E-state index contributed by atoms with van der Waals surface area (Å²) >= 11 is 0. The molecule has 1 N–H and O–H groups in total. The third-order valence-corrected chi connectivity index (χ3v) is 3.61. The smallest absolute Gasteiger partial charge is 0.0678 e. The molecule has 0 bridgehead atoms. The summed E-state index contributed by atoms with van der Waals surface area (Å²) in [5.74, 6) is 0. The number of nitrogens with zero attached hydrogens (tertiary/aromatic N) is 1. The second-order valence-electron chi connectivity index (χ2n) is 5.04. The van der Waals surface area contributed by atoms with Gasteiger partial charge in [0.25, 0.3) is 0 Å². The number of nitrogens with one attached hydrogen (secondary N) is 1. The Kier molecular flexibility index (Phi) is 4.19. The SMILES string of the molecule is CNC1CCOCC1N1C[C@@H](C)O[C@@H](C)C1. The molecule has 4 heteroatoms. The molecule has 4 nitrogen and oxygen atoms in total. The Labute approximate surface area is 98.3 Å². The second kappa shape index (κ2) is 5.45. The summed E-state index contributed by atoms with van der Waals surface area (Å²) in [5.41, 5.74) is 0. The molecule has 0 aliphatic carbocycles. The van der Waals surface area contributed by atoms with E-state index in [4.69, 9.17) is 9.47 Å². The van der Waals surface area contributed by atoms with Gasteiger partial charge in [0.15, 0.2) is 0 Å². The Morgan fingerprint density at radius 3 is 2.50 bits per heavy atom. The Bertz CT molecular complexity index is 215. The molecule has 0 aromatic carbocycles. The van der Waals surface area contributed by atoms with Crippen LogP contribution in [0.25, 0.3) is 0 Å². The molecule has 2 rings (SSSR count). The summed E-state index contributed by atoms with van der Waals surface area (Å²) in [6.45, 7) is 8.09. The van der Waals surface area contributed by atoms with Crippen LogP contribution in [-0.2, 0) is 9.47 Å². The monoisotopic (exact) mass is 228 g/mol. The zero-order valence-corrected chi connectivity index (χ0v) is 10.6. The Morgan fingerprint density at radius 2 is 1.88 bits per heavy atom. The van der Waals surface area contributed by atoms with Gasteiger partial charge in [-0.3, -0.25) is 4.90 Å². The number of ether oxygens (including phenoxy) is 2. The Hall–Kier alpha value is -0.160. The van der Waals surface area contributed by atoms with E-state index in [-0.39, 0.29) is 0 Å². The van der Waals surface area contributed by atoms with Gasteiger partial charge in [-0.25, -0.2) is 0 Å². The van der Waals surface area contributed by atoms with E-state index in [1.165, 1.54) is 0 Å². The van der Waals surface area contributed by atoms with E-state index >= 15 is 0 Å². The maximum atomic E-state index is 5.77. The summed E-state index contributed by atoms with van der Waals surface area (Å²) < 4.78 is 11.4. The minimum absolute atomic E-state index is 0.336. The lowest BCUT2D eigenvalue weighted by molar-refractivity contribution is -0.103. The molecule has 4 atom stereocenters. The van der Waals surface area contributed by atoms with Crippen LogP contribution in [0, 0.1) is 0 Å². The van der Waals surface area contributed by atoms with Crippen molar-refractivity contribution in [3.05, 3.63) is 0 Å². The van der Waals surface area contributed by atoms with Crippen molar-refractivity contribution in [3.63, 3.8) is 0 Å². The molecule has 0 spiro atoms. The number of likely N-dealkylation sites (N-methyl/N-ethyl adjacent to an activating group) is 1. The van der Waals surface area contributed by atoms with E-state index in [1.54, 1.807) is 0 Å². The van der Waals surface area contributed by atoms with Crippen molar-refractivity contribution < 1.29 is 9.47 Å². The van der Waals surface area contributed by atoms with Gasteiger partial charge in [0.2, 0.25) is 0 Å². The van der Waals surface area contributed by atoms with E-state index in [0.29, 0.717) is 24.3 Å². The van der Waals surface area contributed by atoms with Crippen LogP contribution in [0.4, 0.5) is 0 Å². The minimum Gasteiger partial charge on any atom is -0.380 e. The molecule has 2 aliphatic rings. The summed E-state index contributed by atoms with van der Waals surface area (Å²) in [7, 11) is 2.05. The largest absolute Gasteiger partial charge is 0.380 e. The van der Waals surface area contributed by atoms with Crippen LogP contribution in [0.3, 0.4) is 0 Å². The second-order valence-corrected chi connectivity index (χ2v) is 5.04. The molecule has 2 saturated heterocycles. The van der Waals surface area contributed by atoms with Crippen molar-refractivity contribution in [1.82, 2.24) is 10.2 Å². The van der Waals surface area contributed by atoms with Crippen molar-refractivity contribution >= 4 is 0 Å². The predicted molar refractivity (Wildman–Crippen MR) is 63.7 cm³/mol. The molecule has 94 valence electrons. The highest BCUT2D eigenvalue weighted by Gasteiger charge is 2.34. The summed E-state index contributed by atoms with van der Waals surface area (Å²) in [6, 6.07) is 1.07.